The highest BCUT2D eigenvalue weighted by Crippen LogP contribution is 2.20. The number of rotatable bonds is 6. The molecule has 0 N–H and O–H groups in total. The summed E-state index contributed by atoms with van der Waals surface area (Å²) in [5.41, 5.74) is 3.05. The van der Waals surface area contributed by atoms with E-state index in [2.05, 4.69) is 6.92 Å². The molecule has 0 fully saturated rings. The van der Waals surface area contributed by atoms with Gasteiger partial charge in [-0.2, -0.15) is 0 Å². The van der Waals surface area contributed by atoms with E-state index in [1.165, 1.54) is 5.56 Å². The molecule has 0 aliphatic carbocycles. The molecule has 4 nitrogen and oxygen atoms in total. The van der Waals surface area contributed by atoms with Gasteiger partial charge in [0.25, 0.3) is 5.91 Å². The fourth-order valence-corrected chi connectivity index (χ4v) is 3.38. The molecule has 1 heterocycles. The lowest BCUT2D eigenvalue weighted by Gasteiger charge is -2.31. The minimum Gasteiger partial charge on any atom is -0.334 e. The Bertz CT molecular complexity index is 796. The third kappa shape index (κ3) is 4.63. The number of nitrogens with zero attached hydrogens (tertiary/aromatic N) is 2. The van der Waals surface area contributed by atoms with Crippen molar-refractivity contribution in [3.8, 4) is 0 Å². The maximum absolute atomic E-state index is 12.7. The number of amides is 1. The maximum Gasteiger partial charge on any atom is 0.254 e. The molecule has 1 aromatic heterocycles. The molecule has 0 saturated heterocycles. The van der Waals surface area contributed by atoms with Gasteiger partial charge in [0.15, 0.2) is 0 Å². The lowest BCUT2D eigenvalue weighted by atomic mass is 9.94. The van der Waals surface area contributed by atoms with Gasteiger partial charge in [-0.25, -0.2) is 0 Å². The van der Waals surface area contributed by atoms with E-state index in [0.717, 1.165) is 17.5 Å². The first-order valence-electron chi connectivity index (χ1n) is 9.29. The van der Waals surface area contributed by atoms with Crippen molar-refractivity contribution in [3.63, 3.8) is 0 Å². The smallest absolute Gasteiger partial charge is 0.254 e. The normalized spacial score (nSPS) is 12.5. The monoisotopic (exact) mass is 354 g/mol. The summed E-state index contributed by atoms with van der Waals surface area (Å²) in [6, 6.07) is 11.8. The topological polar surface area (TPSA) is 42.3 Å². The first kappa shape index (κ1) is 20.0. The van der Waals surface area contributed by atoms with Crippen molar-refractivity contribution >= 4 is 5.91 Å². The molecule has 140 valence electrons. The number of hydrogen-bond donors (Lipinski definition) is 0. The molecule has 1 atom stereocenters. The summed E-state index contributed by atoms with van der Waals surface area (Å²) >= 11 is 0. The Kier molecular flexibility index (Phi) is 6.41. The average molecular weight is 354 g/mol. The first-order chi connectivity index (χ1) is 12.2. The molecule has 2 aromatic rings. The van der Waals surface area contributed by atoms with E-state index < -0.39 is 0 Å². The number of aromatic nitrogens is 1. The highest BCUT2D eigenvalue weighted by molar-refractivity contribution is 5.94. The van der Waals surface area contributed by atoms with Crippen LogP contribution in [0.4, 0.5) is 0 Å². The standard InChI is InChI=1S/C22H30N2O2/c1-15(2)24(16(3)4)22(26)19-9-7-18(8-10-19)13-17(5)20-11-12-21(25)23(6)14-20/h7-12,14-17H,13H2,1-6H3. The van der Waals surface area contributed by atoms with Crippen LogP contribution in [-0.2, 0) is 13.5 Å². The average Bonchev–Trinajstić information content (AvgIpc) is 2.57. The van der Waals surface area contributed by atoms with Crippen LogP contribution in [0, 0.1) is 0 Å². The molecule has 2 rings (SSSR count). The molecule has 0 spiro atoms. The van der Waals surface area contributed by atoms with Crippen molar-refractivity contribution in [3.05, 3.63) is 69.6 Å². The highest BCUT2D eigenvalue weighted by atomic mass is 16.2. The van der Waals surface area contributed by atoms with E-state index in [4.69, 9.17) is 0 Å². The van der Waals surface area contributed by atoms with E-state index in [9.17, 15) is 9.59 Å². The Morgan fingerprint density at radius 3 is 2.04 bits per heavy atom. The van der Waals surface area contributed by atoms with Crippen LogP contribution < -0.4 is 5.56 Å². The largest absolute Gasteiger partial charge is 0.334 e. The van der Waals surface area contributed by atoms with Gasteiger partial charge in [0, 0.05) is 37.0 Å². The number of aryl methyl sites for hydroxylation is 1. The predicted molar refractivity (Wildman–Crippen MR) is 107 cm³/mol. The van der Waals surface area contributed by atoms with Gasteiger partial charge < -0.3 is 9.47 Å². The zero-order chi connectivity index (χ0) is 19.4. The van der Waals surface area contributed by atoms with Gasteiger partial charge in [0.1, 0.15) is 0 Å². The molecular weight excluding hydrogens is 324 g/mol. The van der Waals surface area contributed by atoms with E-state index in [1.54, 1.807) is 17.7 Å². The van der Waals surface area contributed by atoms with Crippen LogP contribution in [0.15, 0.2) is 47.4 Å². The van der Waals surface area contributed by atoms with Gasteiger partial charge in [0.05, 0.1) is 0 Å². The van der Waals surface area contributed by atoms with Crippen molar-refractivity contribution in [2.24, 2.45) is 7.05 Å². The van der Waals surface area contributed by atoms with Crippen LogP contribution >= 0.6 is 0 Å². The molecule has 0 aliphatic heterocycles. The van der Waals surface area contributed by atoms with Crippen molar-refractivity contribution in [1.82, 2.24) is 9.47 Å². The third-order valence-corrected chi connectivity index (χ3v) is 4.77. The Balaban J connectivity index is 2.12. The van der Waals surface area contributed by atoms with Crippen LogP contribution in [0.1, 0.15) is 62.0 Å². The van der Waals surface area contributed by atoms with Gasteiger partial charge in [-0.3, -0.25) is 9.59 Å². The Hall–Kier alpha value is -2.36. The summed E-state index contributed by atoms with van der Waals surface area (Å²) < 4.78 is 1.61. The summed E-state index contributed by atoms with van der Waals surface area (Å²) in [7, 11) is 1.77. The molecule has 26 heavy (non-hydrogen) atoms. The maximum atomic E-state index is 12.7. The number of pyridine rings is 1. The molecule has 0 saturated carbocycles. The number of benzene rings is 1. The van der Waals surface area contributed by atoms with Crippen molar-refractivity contribution in [1.29, 1.82) is 0 Å². The second-order valence-corrected chi connectivity index (χ2v) is 7.61. The number of carbonyl (C=O) groups is 1. The second kappa shape index (κ2) is 8.35. The lowest BCUT2D eigenvalue weighted by molar-refractivity contribution is 0.0643. The quantitative estimate of drug-likeness (QED) is 0.787. The summed E-state index contributed by atoms with van der Waals surface area (Å²) in [5.74, 6) is 0.374. The summed E-state index contributed by atoms with van der Waals surface area (Å²) in [5, 5.41) is 0. The summed E-state index contributed by atoms with van der Waals surface area (Å²) in [4.78, 5) is 26.2. The summed E-state index contributed by atoms with van der Waals surface area (Å²) in [6.45, 7) is 10.3. The number of hydrogen-bond acceptors (Lipinski definition) is 2. The van der Waals surface area contributed by atoms with Crippen LogP contribution in [-0.4, -0.2) is 27.5 Å². The molecule has 1 amide bonds. The van der Waals surface area contributed by atoms with Gasteiger partial charge in [0.2, 0.25) is 5.56 Å². The van der Waals surface area contributed by atoms with Gasteiger partial charge in [-0.1, -0.05) is 25.1 Å². The molecule has 0 bridgehead atoms. The molecule has 1 aromatic carbocycles. The van der Waals surface area contributed by atoms with Crippen molar-refractivity contribution < 1.29 is 4.79 Å². The highest BCUT2D eigenvalue weighted by Gasteiger charge is 2.21. The Morgan fingerprint density at radius 1 is 0.962 bits per heavy atom. The van der Waals surface area contributed by atoms with Gasteiger partial charge in [-0.15, -0.1) is 0 Å². The van der Waals surface area contributed by atoms with Crippen molar-refractivity contribution in [2.45, 2.75) is 59.0 Å². The lowest BCUT2D eigenvalue weighted by Crippen LogP contribution is -2.42. The molecule has 0 aliphatic rings. The van der Waals surface area contributed by atoms with E-state index in [-0.39, 0.29) is 23.6 Å². The first-order valence-corrected chi connectivity index (χ1v) is 9.29. The molecule has 0 radical (unpaired) electrons. The number of carbonyl (C=O) groups excluding carboxylic acids is 1. The SMILES string of the molecule is CC(Cc1ccc(C(=O)N(C(C)C)C(C)C)cc1)c1ccc(=O)n(C)c1. The zero-order valence-corrected chi connectivity index (χ0v) is 16.7. The second-order valence-electron chi connectivity index (χ2n) is 7.61. The van der Waals surface area contributed by atoms with Crippen LogP contribution in [0.2, 0.25) is 0 Å². The zero-order valence-electron chi connectivity index (χ0n) is 16.7. The third-order valence-electron chi connectivity index (χ3n) is 4.77. The van der Waals surface area contributed by atoms with Gasteiger partial charge in [-0.05, 0) is 63.3 Å². The van der Waals surface area contributed by atoms with Crippen molar-refractivity contribution in [2.75, 3.05) is 0 Å². The van der Waals surface area contributed by atoms with Gasteiger partial charge >= 0.3 is 0 Å². The molecule has 1 unspecified atom stereocenters. The predicted octanol–water partition coefficient (Wildman–Crippen LogP) is 3.99. The van der Waals surface area contributed by atoms with Crippen LogP contribution in [0.5, 0.6) is 0 Å². The molecule has 4 heteroatoms. The minimum absolute atomic E-state index is 0.00340. The molecular formula is C22H30N2O2. The van der Waals surface area contributed by atoms with Crippen LogP contribution in [0.25, 0.3) is 0 Å². The van der Waals surface area contributed by atoms with E-state index in [1.807, 2.05) is 69.1 Å². The summed E-state index contributed by atoms with van der Waals surface area (Å²) in [6.07, 6.45) is 2.76. The Labute approximate surface area is 156 Å². The fourth-order valence-electron chi connectivity index (χ4n) is 3.38. The van der Waals surface area contributed by atoms with E-state index in [0.29, 0.717) is 5.92 Å². The Morgan fingerprint density at radius 2 is 1.54 bits per heavy atom. The van der Waals surface area contributed by atoms with E-state index >= 15 is 0 Å². The fraction of sp³-hybridized carbons (Fsp3) is 0.455. The van der Waals surface area contributed by atoms with Crippen LogP contribution in [0.3, 0.4) is 0 Å². The minimum atomic E-state index is 0.00340.